The van der Waals surface area contributed by atoms with Crippen molar-refractivity contribution in [3.63, 3.8) is 0 Å². The average molecular weight is 277 g/mol. The second kappa shape index (κ2) is 5.94. The van der Waals surface area contributed by atoms with Crippen molar-refractivity contribution in [1.29, 1.82) is 0 Å². The second-order valence-electron chi connectivity index (χ2n) is 4.99. The van der Waals surface area contributed by atoms with E-state index in [9.17, 15) is 9.59 Å². The molecule has 1 saturated carbocycles. The number of carboxylic acid groups (broad SMARTS) is 1. The molecule has 1 aliphatic rings. The van der Waals surface area contributed by atoms with Crippen LogP contribution in [-0.4, -0.2) is 41.1 Å². The molecule has 0 atom stereocenters. The second-order valence-corrected chi connectivity index (χ2v) is 4.99. The molecule has 0 aromatic heterocycles. The number of carboxylic acids is 1. The van der Waals surface area contributed by atoms with Crippen LogP contribution in [0.5, 0.6) is 5.75 Å². The average Bonchev–Trinajstić information content (AvgIpc) is 3.23. The molecule has 108 valence electrons. The van der Waals surface area contributed by atoms with Crippen LogP contribution < -0.4 is 4.74 Å². The van der Waals surface area contributed by atoms with Crippen molar-refractivity contribution < 1.29 is 19.4 Å². The van der Waals surface area contributed by atoms with E-state index in [1.807, 2.05) is 18.7 Å². The van der Waals surface area contributed by atoms with Gasteiger partial charge >= 0.3 is 5.97 Å². The van der Waals surface area contributed by atoms with Gasteiger partial charge in [-0.05, 0) is 44.4 Å². The van der Waals surface area contributed by atoms with Gasteiger partial charge in [0.2, 0.25) is 0 Å². The number of aromatic carboxylic acids is 1. The quantitative estimate of drug-likeness (QED) is 0.864. The zero-order valence-corrected chi connectivity index (χ0v) is 11.8. The van der Waals surface area contributed by atoms with E-state index in [1.54, 1.807) is 6.07 Å². The van der Waals surface area contributed by atoms with Gasteiger partial charge in [0.25, 0.3) is 5.91 Å². The Hall–Kier alpha value is -2.04. The molecule has 1 amide bonds. The molecule has 1 aromatic rings. The van der Waals surface area contributed by atoms with Gasteiger partial charge in [-0.15, -0.1) is 0 Å². The number of benzene rings is 1. The van der Waals surface area contributed by atoms with Gasteiger partial charge < -0.3 is 14.7 Å². The smallest absolute Gasteiger partial charge is 0.335 e. The zero-order valence-electron chi connectivity index (χ0n) is 11.8. The van der Waals surface area contributed by atoms with Gasteiger partial charge in [-0.2, -0.15) is 0 Å². The van der Waals surface area contributed by atoms with E-state index in [1.165, 1.54) is 12.1 Å². The summed E-state index contributed by atoms with van der Waals surface area (Å²) in [7, 11) is 0. The molecule has 0 bridgehead atoms. The lowest BCUT2D eigenvalue weighted by atomic mass is 10.1. The highest BCUT2D eigenvalue weighted by Crippen LogP contribution is 2.27. The molecule has 1 fully saturated rings. The normalized spacial score (nSPS) is 13.9. The number of carbonyl (C=O) groups excluding carboxylic acids is 1. The lowest BCUT2D eigenvalue weighted by Crippen LogP contribution is -2.36. The van der Waals surface area contributed by atoms with E-state index in [-0.39, 0.29) is 18.1 Å². The zero-order chi connectivity index (χ0) is 14.7. The first-order valence-corrected chi connectivity index (χ1v) is 6.79. The van der Waals surface area contributed by atoms with Crippen LogP contribution in [0.2, 0.25) is 0 Å². The predicted molar refractivity (Wildman–Crippen MR) is 74.0 cm³/mol. The van der Waals surface area contributed by atoms with E-state index < -0.39 is 5.97 Å². The summed E-state index contributed by atoms with van der Waals surface area (Å²) in [4.78, 5) is 24.8. The van der Waals surface area contributed by atoms with Gasteiger partial charge in [-0.1, -0.05) is 6.07 Å². The molecule has 0 spiro atoms. The minimum Gasteiger partial charge on any atom is -0.483 e. The fourth-order valence-corrected chi connectivity index (χ4v) is 2.14. The fraction of sp³-hybridized carbons (Fsp3) is 0.467. The summed E-state index contributed by atoms with van der Waals surface area (Å²) in [6.07, 6.45) is 2.13. The molecule has 1 aromatic carbocycles. The summed E-state index contributed by atoms with van der Waals surface area (Å²) in [6, 6.07) is 5.03. The van der Waals surface area contributed by atoms with Crippen molar-refractivity contribution in [2.75, 3.05) is 13.2 Å². The molecule has 0 heterocycles. The highest BCUT2D eigenvalue weighted by Gasteiger charge is 2.31. The monoisotopic (exact) mass is 277 g/mol. The molecular weight excluding hydrogens is 258 g/mol. The summed E-state index contributed by atoms with van der Waals surface area (Å²) >= 11 is 0. The van der Waals surface area contributed by atoms with Gasteiger partial charge in [0.15, 0.2) is 6.61 Å². The first-order valence-electron chi connectivity index (χ1n) is 6.79. The van der Waals surface area contributed by atoms with E-state index in [4.69, 9.17) is 9.84 Å². The number of aryl methyl sites for hydroxylation is 1. The van der Waals surface area contributed by atoms with E-state index in [2.05, 4.69) is 0 Å². The summed E-state index contributed by atoms with van der Waals surface area (Å²) < 4.78 is 5.50. The van der Waals surface area contributed by atoms with Gasteiger partial charge in [0.05, 0.1) is 5.56 Å². The first kappa shape index (κ1) is 14.4. The van der Waals surface area contributed by atoms with Crippen molar-refractivity contribution in [3.05, 3.63) is 29.3 Å². The number of rotatable bonds is 6. The molecule has 5 heteroatoms. The van der Waals surface area contributed by atoms with E-state index in [0.717, 1.165) is 18.4 Å². The molecule has 20 heavy (non-hydrogen) atoms. The van der Waals surface area contributed by atoms with Gasteiger partial charge in [-0.25, -0.2) is 4.79 Å². The maximum atomic E-state index is 12.0. The Morgan fingerprint density at radius 1 is 1.40 bits per heavy atom. The Morgan fingerprint density at radius 2 is 2.10 bits per heavy atom. The molecule has 0 unspecified atom stereocenters. The maximum absolute atomic E-state index is 12.0. The molecule has 0 aliphatic heterocycles. The molecule has 1 N–H and O–H groups in total. The number of likely N-dealkylation sites (N-methyl/N-ethyl adjacent to an activating group) is 1. The van der Waals surface area contributed by atoms with Gasteiger partial charge in [0, 0.05) is 12.6 Å². The number of carbonyl (C=O) groups is 2. The topological polar surface area (TPSA) is 66.8 Å². The predicted octanol–water partition coefficient (Wildman–Crippen LogP) is 2.08. The van der Waals surface area contributed by atoms with Crippen LogP contribution in [0.25, 0.3) is 0 Å². The summed E-state index contributed by atoms with van der Waals surface area (Å²) in [5.74, 6) is -0.602. The number of ether oxygens (including phenoxy) is 1. The molecule has 5 nitrogen and oxygen atoms in total. The highest BCUT2D eigenvalue weighted by atomic mass is 16.5. The van der Waals surface area contributed by atoms with Crippen LogP contribution >= 0.6 is 0 Å². The summed E-state index contributed by atoms with van der Waals surface area (Å²) in [5.41, 5.74) is 0.977. The molecule has 0 saturated heterocycles. The van der Waals surface area contributed by atoms with Crippen molar-refractivity contribution in [3.8, 4) is 5.75 Å². The Labute approximate surface area is 118 Å². The van der Waals surface area contributed by atoms with Crippen LogP contribution in [-0.2, 0) is 4.79 Å². The summed E-state index contributed by atoms with van der Waals surface area (Å²) in [5, 5.41) is 8.95. The van der Waals surface area contributed by atoms with Crippen molar-refractivity contribution in [2.24, 2.45) is 0 Å². The third kappa shape index (κ3) is 3.29. The molecule has 1 aliphatic carbocycles. The number of amides is 1. The van der Waals surface area contributed by atoms with E-state index in [0.29, 0.717) is 18.3 Å². The van der Waals surface area contributed by atoms with E-state index >= 15 is 0 Å². The largest absolute Gasteiger partial charge is 0.483 e. The van der Waals surface area contributed by atoms with Gasteiger partial charge in [0.1, 0.15) is 5.75 Å². The molecule has 0 radical (unpaired) electrons. The van der Waals surface area contributed by atoms with Crippen LogP contribution in [0, 0.1) is 6.92 Å². The number of hydrogen-bond donors (Lipinski definition) is 1. The highest BCUT2D eigenvalue weighted by molar-refractivity contribution is 5.88. The minimum atomic E-state index is -1.01. The standard InChI is InChI=1S/C15H19NO4/c1-3-16(12-6-7-12)14(17)9-20-13-8-11(15(18)19)5-4-10(13)2/h4-5,8,12H,3,6-7,9H2,1-2H3,(H,18,19). The van der Waals surface area contributed by atoms with Crippen LogP contribution in [0.1, 0.15) is 35.7 Å². The fourth-order valence-electron chi connectivity index (χ4n) is 2.14. The lowest BCUT2D eigenvalue weighted by Gasteiger charge is -2.20. The maximum Gasteiger partial charge on any atom is 0.335 e. The van der Waals surface area contributed by atoms with Crippen LogP contribution in [0.3, 0.4) is 0 Å². The van der Waals surface area contributed by atoms with Crippen molar-refractivity contribution >= 4 is 11.9 Å². The SMILES string of the molecule is CCN(C(=O)COc1cc(C(=O)O)ccc1C)C1CC1. The Balaban J connectivity index is 2.01. The van der Waals surface area contributed by atoms with Crippen molar-refractivity contribution in [1.82, 2.24) is 4.90 Å². The third-order valence-electron chi connectivity index (χ3n) is 3.43. The number of hydrogen-bond acceptors (Lipinski definition) is 3. The molecule has 2 rings (SSSR count). The Morgan fingerprint density at radius 3 is 2.65 bits per heavy atom. The van der Waals surface area contributed by atoms with Crippen molar-refractivity contribution in [2.45, 2.75) is 32.7 Å². The first-order chi connectivity index (χ1) is 9.52. The van der Waals surface area contributed by atoms with Gasteiger partial charge in [-0.3, -0.25) is 4.79 Å². The number of nitrogens with zero attached hydrogens (tertiary/aromatic N) is 1. The lowest BCUT2D eigenvalue weighted by molar-refractivity contribution is -0.133. The Kier molecular flexibility index (Phi) is 4.27. The third-order valence-corrected chi connectivity index (χ3v) is 3.43. The molecular formula is C15H19NO4. The minimum absolute atomic E-state index is 0.0462. The van der Waals surface area contributed by atoms with Crippen LogP contribution in [0.4, 0.5) is 0 Å². The summed E-state index contributed by atoms with van der Waals surface area (Å²) in [6.45, 7) is 4.41. The van der Waals surface area contributed by atoms with Crippen LogP contribution in [0.15, 0.2) is 18.2 Å². The Bertz CT molecular complexity index is 523.